The number of aliphatic hydroxyl groups excluding tert-OH is 2. The Bertz CT molecular complexity index is 982. The number of benzene rings is 1. The zero-order chi connectivity index (χ0) is 22.5. The van der Waals surface area contributed by atoms with Gasteiger partial charge in [-0.25, -0.2) is 13.6 Å². The van der Waals surface area contributed by atoms with E-state index in [4.69, 9.17) is 9.84 Å². The maximum absolute atomic E-state index is 12.6. The number of hydrogen-bond acceptors (Lipinski definition) is 6. The van der Waals surface area contributed by atoms with Gasteiger partial charge in [-0.3, -0.25) is 9.36 Å². The Balaban J connectivity index is 1.69. The molecule has 0 saturated heterocycles. The number of aromatic nitrogens is 2. The Labute approximate surface area is 177 Å². The van der Waals surface area contributed by atoms with E-state index in [9.17, 15) is 23.5 Å². The summed E-state index contributed by atoms with van der Waals surface area (Å²) in [5.74, 6) is -0.370. The molecule has 2 aromatic rings. The number of aryl methyl sites for hydroxylation is 2. The second kappa shape index (κ2) is 10.1. The average molecular weight is 437 g/mol. The Morgan fingerprint density at radius 3 is 2.61 bits per heavy atom. The van der Waals surface area contributed by atoms with E-state index in [0.29, 0.717) is 5.56 Å². The van der Waals surface area contributed by atoms with Gasteiger partial charge >= 0.3 is 5.69 Å². The number of rotatable bonds is 8. The molecule has 3 rings (SSSR count). The van der Waals surface area contributed by atoms with Gasteiger partial charge in [0, 0.05) is 11.8 Å². The molecule has 0 fully saturated rings. The molecule has 0 radical (unpaired) electrons. The summed E-state index contributed by atoms with van der Waals surface area (Å²) in [7, 11) is 0. The topological polar surface area (TPSA) is 114 Å². The molecule has 0 aliphatic heterocycles. The van der Waals surface area contributed by atoms with Gasteiger partial charge in [-0.15, -0.1) is 0 Å². The fourth-order valence-corrected chi connectivity index (χ4v) is 3.53. The number of aliphatic hydroxyl groups is 2. The lowest BCUT2D eigenvalue weighted by Gasteiger charge is -2.25. The fourth-order valence-electron chi connectivity index (χ4n) is 3.53. The number of halogens is 2. The van der Waals surface area contributed by atoms with Crippen LogP contribution >= 0.6 is 0 Å². The van der Waals surface area contributed by atoms with Crippen molar-refractivity contribution in [2.24, 2.45) is 0 Å². The number of nitrogens with one attached hydrogen (secondary N) is 1. The third-order valence-corrected chi connectivity index (χ3v) is 5.26. The molecule has 1 aliphatic carbocycles. The SMILES string of the molecule is C[C@@H](OC(CO)C(O)C(F)F)n1ccc(NC(=O)c2ccc3c(c2)CCCC3)nc1=O. The van der Waals surface area contributed by atoms with Crippen molar-refractivity contribution in [3.63, 3.8) is 0 Å². The molecule has 1 heterocycles. The molecule has 1 aromatic carbocycles. The average Bonchev–Trinajstić information content (AvgIpc) is 2.76. The third kappa shape index (κ3) is 5.52. The highest BCUT2D eigenvalue weighted by Crippen LogP contribution is 2.22. The van der Waals surface area contributed by atoms with Crippen molar-refractivity contribution >= 4 is 11.7 Å². The van der Waals surface area contributed by atoms with Crippen LogP contribution in [0.15, 0.2) is 35.3 Å². The quantitative estimate of drug-likeness (QED) is 0.581. The van der Waals surface area contributed by atoms with Crippen LogP contribution in [0, 0.1) is 0 Å². The van der Waals surface area contributed by atoms with Crippen LogP contribution in [0.3, 0.4) is 0 Å². The zero-order valence-electron chi connectivity index (χ0n) is 17.0. The first-order valence-electron chi connectivity index (χ1n) is 10.0. The van der Waals surface area contributed by atoms with E-state index < -0.39 is 43.1 Å². The first-order chi connectivity index (χ1) is 14.8. The van der Waals surface area contributed by atoms with E-state index in [0.717, 1.165) is 35.8 Å². The first-order valence-corrected chi connectivity index (χ1v) is 10.0. The standard InChI is InChI=1S/C21H25F2N3O5/c1-12(31-16(11-27)18(28)19(22)23)26-9-8-17(25-21(26)30)24-20(29)15-7-6-13-4-2-3-5-14(13)10-15/h6-10,12,16,18-19,27-28H,2-5,11H2,1H3,(H,24,25,29,30)/t12-,16?,18?/m1/s1. The van der Waals surface area contributed by atoms with Gasteiger partial charge in [0.25, 0.3) is 12.3 Å². The number of hydrogen-bond donors (Lipinski definition) is 3. The molecular formula is C21H25F2N3O5. The van der Waals surface area contributed by atoms with Crippen LogP contribution in [0.25, 0.3) is 0 Å². The minimum atomic E-state index is -3.11. The van der Waals surface area contributed by atoms with Gasteiger partial charge in [-0.1, -0.05) is 6.07 Å². The Hall–Kier alpha value is -2.69. The molecule has 1 amide bonds. The Kier molecular flexibility index (Phi) is 7.47. The molecule has 1 aromatic heterocycles. The molecule has 31 heavy (non-hydrogen) atoms. The highest BCUT2D eigenvalue weighted by Gasteiger charge is 2.30. The number of carbonyl (C=O) groups is 1. The van der Waals surface area contributed by atoms with Gasteiger partial charge in [-0.2, -0.15) is 4.98 Å². The van der Waals surface area contributed by atoms with Crippen molar-refractivity contribution in [2.45, 2.75) is 57.5 Å². The summed E-state index contributed by atoms with van der Waals surface area (Å²) < 4.78 is 31.5. The maximum Gasteiger partial charge on any atom is 0.351 e. The minimum Gasteiger partial charge on any atom is -0.394 e. The molecule has 0 saturated carbocycles. The van der Waals surface area contributed by atoms with E-state index in [2.05, 4.69) is 10.3 Å². The lowest BCUT2D eigenvalue weighted by molar-refractivity contribution is -0.153. The van der Waals surface area contributed by atoms with Gasteiger partial charge < -0.3 is 20.3 Å². The number of anilines is 1. The van der Waals surface area contributed by atoms with Gasteiger partial charge in [0.15, 0.2) is 0 Å². The summed E-state index contributed by atoms with van der Waals surface area (Å²) in [4.78, 5) is 28.6. The smallest absolute Gasteiger partial charge is 0.351 e. The predicted octanol–water partition coefficient (Wildman–Crippen LogP) is 1.90. The second-order valence-electron chi connectivity index (χ2n) is 7.43. The maximum atomic E-state index is 12.6. The molecule has 0 bridgehead atoms. The van der Waals surface area contributed by atoms with Crippen LogP contribution in [-0.4, -0.2) is 50.9 Å². The minimum absolute atomic E-state index is 0.0301. The highest BCUT2D eigenvalue weighted by atomic mass is 19.3. The summed E-state index contributed by atoms with van der Waals surface area (Å²) in [6.45, 7) is 0.530. The lowest BCUT2D eigenvalue weighted by atomic mass is 9.90. The van der Waals surface area contributed by atoms with E-state index in [1.807, 2.05) is 12.1 Å². The van der Waals surface area contributed by atoms with E-state index >= 15 is 0 Å². The zero-order valence-corrected chi connectivity index (χ0v) is 17.0. The summed E-state index contributed by atoms with van der Waals surface area (Å²) in [5.41, 5.74) is 2.07. The van der Waals surface area contributed by atoms with Crippen molar-refractivity contribution in [2.75, 3.05) is 11.9 Å². The molecule has 10 heteroatoms. The van der Waals surface area contributed by atoms with Crippen LogP contribution in [-0.2, 0) is 17.6 Å². The van der Waals surface area contributed by atoms with Crippen LogP contribution in [0.4, 0.5) is 14.6 Å². The predicted molar refractivity (Wildman–Crippen MR) is 108 cm³/mol. The van der Waals surface area contributed by atoms with E-state index in [1.165, 1.54) is 24.8 Å². The van der Waals surface area contributed by atoms with Gasteiger partial charge in [0.05, 0.1) is 6.61 Å². The molecule has 0 spiro atoms. The van der Waals surface area contributed by atoms with E-state index in [1.54, 1.807) is 6.07 Å². The number of nitrogens with zero attached hydrogens (tertiary/aromatic N) is 2. The van der Waals surface area contributed by atoms with Gasteiger partial charge in [0.1, 0.15) is 24.3 Å². The van der Waals surface area contributed by atoms with E-state index in [-0.39, 0.29) is 5.82 Å². The second-order valence-corrected chi connectivity index (χ2v) is 7.43. The third-order valence-electron chi connectivity index (χ3n) is 5.26. The molecule has 3 N–H and O–H groups in total. The number of alkyl halides is 2. The fraction of sp³-hybridized carbons (Fsp3) is 0.476. The molecular weight excluding hydrogens is 412 g/mol. The van der Waals surface area contributed by atoms with Crippen molar-refractivity contribution in [3.8, 4) is 0 Å². The summed E-state index contributed by atoms with van der Waals surface area (Å²) in [6, 6.07) is 6.90. The number of carbonyl (C=O) groups excluding carboxylic acids is 1. The Morgan fingerprint density at radius 1 is 1.26 bits per heavy atom. The molecule has 168 valence electrons. The molecule has 8 nitrogen and oxygen atoms in total. The van der Waals surface area contributed by atoms with Gasteiger partial charge in [-0.05, 0) is 61.9 Å². The summed E-state index contributed by atoms with van der Waals surface area (Å²) in [6.07, 6.45) is -2.54. The Morgan fingerprint density at radius 2 is 1.97 bits per heavy atom. The number of ether oxygens (including phenoxy) is 1. The van der Waals surface area contributed by atoms with Gasteiger partial charge in [0.2, 0.25) is 0 Å². The first kappa shape index (κ1) is 23.0. The molecule has 1 aliphatic rings. The largest absolute Gasteiger partial charge is 0.394 e. The van der Waals surface area contributed by atoms with Crippen molar-refractivity contribution in [3.05, 3.63) is 57.6 Å². The van der Waals surface area contributed by atoms with Crippen LogP contribution in [0.2, 0.25) is 0 Å². The number of amides is 1. The molecule has 2 unspecified atom stereocenters. The van der Waals surface area contributed by atoms with Crippen molar-refractivity contribution < 1.29 is 28.5 Å². The van der Waals surface area contributed by atoms with Crippen molar-refractivity contribution in [1.29, 1.82) is 0 Å². The monoisotopic (exact) mass is 437 g/mol. The summed E-state index contributed by atoms with van der Waals surface area (Å²) in [5, 5.41) is 21.1. The van der Waals surface area contributed by atoms with Crippen LogP contribution < -0.4 is 11.0 Å². The molecule has 3 atom stereocenters. The lowest BCUT2D eigenvalue weighted by Crippen LogP contribution is -2.40. The normalized spacial score (nSPS) is 16.5. The van der Waals surface area contributed by atoms with Crippen LogP contribution in [0.5, 0.6) is 0 Å². The number of fused-ring (bicyclic) bond motifs is 1. The van der Waals surface area contributed by atoms with Crippen LogP contribution in [0.1, 0.15) is 47.5 Å². The van der Waals surface area contributed by atoms with Crippen molar-refractivity contribution in [1.82, 2.24) is 9.55 Å². The summed E-state index contributed by atoms with van der Waals surface area (Å²) >= 11 is 0. The highest BCUT2D eigenvalue weighted by molar-refractivity contribution is 6.03.